The van der Waals surface area contributed by atoms with Crippen LogP contribution in [0.4, 0.5) is 13.2 Å². The third-order valence-corrected chi connectivity index (χ3v) is 2.89. The van der Waals surface area contributed by atoms with Gasteiger partial charge in [0.1, 0.15) is 0 Å². The van der Waals surface area contributed by atoms with Gasteiger partial charge in [-0.2, -0.15) is 13.2 Å². The van der Waals surface area contributed by atoms with Gasteiger partial charge in [-0.1, -0.05) is 13.8 Å². The van der Waals surface area contributed by atoms with Crippen molar-refractivity contribution in [1.29, 1.82) is 0 Å². The van der Waals surface area contributed by atoms with Gasteiger partial charge >= 0.3 is 15.5 Å². The van der Waals surface area contributed by atoms with Crippen molar-refractivity contribution in [2.24, 2.45) is 11.7 Å². The standard InChI is InChI=1S/C6H13F3N2O2S/c1-4(2)5(3-10)11-14(12,13)6(7,8)9/h4-5,11H,3,10H2,1-2H3. The van der Waals surface area contributed by atoms with Crippen LogP contribution in [0.2, 0.25) is 0 Å². The highest BCUT2D eigenvalue weighted by Gasteiger charge is 2.46. The van der Waals surface area contributed by atoms with Crippen LogP contribution in [0.5, 0.6) is 0 Å². The second-order valence-electron chi connectivity index (χ2n) is 3.15. The molecule has 0 aromatic carbocycles. The number of sulfonamides is 1. The van der Waals surface area contributed by atoms with Crippen LogP contribution in [-0.2, 0) is 10.0 Å². The Morgan fingerprint density at radius 1 is 1.36 bits per heavy atom. The van der Waals surface area contributed by atoms with E-state index in [1.54, 1.807) is 13.8 Å². The molecule has 0 saturated carbocycles. The molecule has 0 aromatic rings. The van der Waals surface area contributed by atoms with Crippen LogP contribution in [-0.4, -0.2) is 26.5 Å². The summed E-state index contributed by atoms with van der Waals surface area (Å²) in [5, 5.41) is 0. The van der Waals surface area contributed by atoms with Crippen LogP contribution in [0.15, 0.2) is 0 Å². The van der Waals surface area contributed by atoms with E-state index in [-0.39, 0.29) is 12.5 Å². The van der Waals surface area contributed by atoms with Gasteiger partial charge in [-0.25, -0.2) is 13.1 Å². The molecule has 0 spiro atoms. The summed E-state index contributed by atoms with van der Waals surface area (Å²) >= 11 is 0. The van der Waals surface area contributed by atoms with E-state index in [4.69, 9.17) is 5.73 Å². The molecule has 0 aromatic heterocycles. The zero-order chi connectivity index (χ0) is 11.6. The fraction of sp³-hybridized carbons (Fsp3) is 1.00. The van der Waals surface area contributed by atoms with Crippen molar-refractivity contribution in [3.05, 3.63) is 0 Å². The van der Waals surface area contributed by atoms with Crippen LogP contribution in [0, 0.1) is 5.92 Å². The van der Waals surface area contributed by atoms with Crippen molar-refractivity contribution in [2.75, 3.05) is 6.54 Å². The Hall–Kier alpha value is -0.340. The van der Waals surface area contributed by atoms with Gasteiger partial charge < -0.3 is 5.73 Å². The van der Waals surface area contributed by atoms with Crippen LogP contribution in [0.3, 0.4) is 0 Å². The van der Waals surface area contributed by atoms with E-state index in [0.29, 0.717) is 0 Å². The summed E-state index contributed by atoms with van der Waals surface area (Å²) in [6.07, 6.45) is 0. The lowest BCUT2D eigenvalue weighted by Crippen LogP contribution is -2.48. The fourth-order valence-corrected chi connectivity index (χ4v) is 1.62. The molecule has 0 fully saturated rings. The number of halogens is 3. The van der Waals surface area contributed by atoms with E-state index in [0.717, 1.165) is 0 Å². The zero-order valence-electron chi connectivity index (χ0n) is 7.80. The largest absolute Gasteiger partial charge is 0.511 e. The normalized spacial score (nSPS) is 15.9. The molecule has 0 amide bonds. The first-order valence-corrected chi connectivity index (χ1v) is 5.38. The molecule has 1 unspecified atom stereocenters. The highest BCUT2D eigenvalue weighted by molar-refractivity contribution is 7.90. The predicted octanol–water partition coefficient (Wildman–Crippen LogP) is 0.409. The Kier molecular flexibility index (Phi) is 4.34. The molecule has 3 N–H and O–H groups in total. The molecule has 1 atom stereocenters. The highest BCUT2D eigenvalue weighted by Crippen LogP contribution is 2.22. The van der Waals surface area contributed by atoms with Crippen LogP contribution in [0.25, 0.3) is 0 Å². The number of hydrogen-bond donors (Lipinski definition) is 2. The minimum atomic E-state index is -5.28. The molecular weight excluding hydrogens is 221 g/mol. The smallest absolute Gasteiger partial charge is 0.329 e. The highest BCUT2D eigenvalue weighted by atomic mass is 32.2. The molecule has 0 rings (SSSR count). The lowest BCUT2D eigenvalue weighted by molar-refractivity contribution is -0.0452. The Bertz CT molecular complexity index is 273. The lowest BCUT2D eigenvalue weighted by atomic mass is 10.1. The number of rotatable bonds is 4. The Morgan fingerprint density at radius 3 is 2.00 bits per heavy atom. The van der Waals surface area contributed by atoms with Gasteiger partial charge in [-0.05, 0) is 5.92 Å². The lowest BCUT2D eigenvalue weighted by Gasteiger charge is -2.20. The first-order valence-electron chi connectivity index (χ1n) is 3.90. The minimum absolute atomic E-state index is 0.174. The average Bonchev–Trinajstić information content (AvgIpc) is 1.97. The summed E-state index contributed by atoms with van der Waals surface area (Å²) < 4.78 is 58.5. The van der Waals surface area contributed by atoms with Gasteiger partial charge in [0.25, 0.3) is 0 Å². The van der Waals surface area contributed by atoms with Crippen molar-refractivity contribution >= 4 is 10.0 Å². The Balaban J connectivity index is 4.67. The third kappa shape index (κ3) is 3.43. The van der Waals surface area contributed by atoms with Crippen LogP contribution >= 0.6 is 0 Å². The number of nitrogens with two attached hydrogens (primary N) is 1. The summed E-state index contributed by atoms with van der Waals surface area (Å²) in [5.74, 6) is -0.294. The maximum absolute atomic E-state index is 11.9. The van der Waals surface area contributed by atoms with Gasteiger partial charge in [-0.3, -0.25) is 0 Å². The van der Waals surface area contributed by atoms with E-state index in [1.807, 2.05) is 0 Å². The summed E-state index contributed by atoms with van der Waals surface area (Å²) in [6, 6.07) is -0.901. The van der Waals surface area contributed by atoms with Crippen molar-refractivity contribution in [1.82, 2.24) is 4.72 Å². The minimum Gasteiger partial charge on any atom is -0.329 e. The SMILES string of the molecule is CC(C)C(CN)NS(=O)(=O)C(F)(F)F. The summed E-state index contributed by atoms with van der Waals surface area (Å²) in [5.41, 5.74) is -0.153. The molecule has 4 nitrogen and oxygen atoms in total. The van der Waals surface area contributed by atoms with Gasteiger partial charge in [0.2, 0.25) is 0 Å². The maximum Gasteiger partial charge on any atom is 0.511 e. The Morgan fingerprint density at radius 2 is 1.79 bits per heavy atom. The molecule has 0 aliphatic carbocycles. The topological polar surface area (TPSA) is 72.2 Å². The number of hydrogen-bond acceptors (Lipinski definition) is 3. The average molecular weight is 234 g/mol. The molecule has 0 radical (unpaired) electrons. The number of alkyl halides is 3. The van der Waals surface area contributed by atoms with E-state index >= 15 is 0 Å². The molecule has 14 heavy (non-hydrogen) atoms. The molecular formula is C6H13F3N2O2S. The van der Waals surface area contributed by atoms with Gasteiger partial charge in [0.15, 0.2) is 0 Å². The summed E-state index contributed by atoms with van der Waals surface area (Å²) in [7, 11) is -5.28. The molecule has 0 bridgehead atoms. The van der Waals surface area contributed by atoms with Gasteiger partial charge in [0, 0.05) is 12.6 Å². The van der Waals surface area contributed by atoms with E-state index in [2.05, 4.69) is 0 Å². The number of nitrogens with one attached hydrogen (secondary N) is 1. The van der Waals surface area contributed by atoms with E-state index in [9.17, 15) is 21.6 Å². The van der Waals surface area contributed by atoms with E-state index in [1.165, 1.54) is 4.72 Å². The van der Waals surface area contributed by atoms with Crippen molar-refractivity contribution in [3.63, 3.8) is 0 Å². The molecule has 0 heterocycles. The van der Waals surface area contributed by atoms with Gasteiger partial charge in [0.05, 0.1) is 0 Å². The van der Waals surface area contributed by atoms with Crippen LogP contribution < -0.4 is 10.5 Å². The monoisotopic (exact) mass is 234 g/mol. The zero-order valence-corrected chi connectivity index (χ0v) is 8.61. The fourth-order valence-electron chi connectivity index (χ4n) is 0.722. The maximum atomic E-state index is 11.9. The van der Waals surface area contributed by atoms with Crippen molar-refractivity contribution < 1.29 is 21.6 Å². The summed E-state index contributed by atoms with van der Waals surface area (Å²) in [4.78, 5) is 0. The van der Waals surface area contributed by atoms with Crippen LogP contribution in [0.1, 0.15) is 13.8 Å². The first kappa shape index (κ1) is 13.7. The second-order valence-corrected chi connectivity index (χ2v) is 4.86. The molecule has 0 saturated heterocycles. The summed E-state index contributed by atoms with van der Waals surface area (Å²) in [6.45, 7) is 2.99. The molecule has 8 heteroatoms. The van der Waals surface area contributed by atoms with Crippen molar-refractivity contribution in [2.45, 2.75) is 25.4 Å². The first-order chi connectivity index (χ1) is 6.12. The molecule has 0 aliphatic rings. The molecule has 0 aliphatic heterocycles. The van der Waals surface area contributed by atoms with E-state index < -0.39 is 21.6 Å². The Labute approximate surface area is 80.7 Å². The van der Waals surface area contributed by atoms with Gasteiger partial charge in [-0.15, -0.1) is 0 Å². The quantitative estimate of drug-likeness (QED) is 0.740. The predicted molar refractivity (Wildman–Crippen MR) is 45.8 cm³/mol. The van der Waals surface area contributed by atoms with Crippen molar-refractivity contribution in [3.8, 4) is 0 Å². The molecule has 86 valence electrons. The second kappa shape index (κ2) is 4.45. The third-order valence-electron chi connectivity index (χ3n) is 1.67.